The minimum atomic E-state index is -0.213. The lowest BCUT2D eigenvalue weighted by atomic mass is 10.00. The Hall–Kier alpha value is -1.38. The van der Waals surface area contributed by atoms with Gasteiger partial charge in [0, 0.05) is 6.54 Å². The maximum absolute atomic E-state index is 13.2. The van der Waals surface area contributed by atoms with E-state index in [1.807, 2.05) is 0 Å². The summed E-state index contributed by atoms with van der Waals surface area (Å²) >= 11 is 0. The van der Waals surface area contributed by atoms with Crippen LogP contribution in [0.5, 0.6) is 0 Å². The third-order valence-electron chi connectivity index (χ3n) is 2.97. The number of carbonyl (C=O) groups excluding carboxylic acids is 1. The molecule has 0 atom stereocenters. The fourth-order valence-corrected chi connectivity index (χ4v) is 2.44. The number of carbonyl (C=O) groups is 1. The minimum absolute atomic E-state index is 0.117. The van der Waals surface area contributed by atoms with E-state index in [-0.39, 0.29) is 11.7 Å². The van der Waals surface area contributed by atoms with Crippen molar-refractivity contribution in [2.24, 2.45) is 0 Å². The third-order valence-corrected chi connectivity index (χ3v) is 2.97. The largest absolute Gasteiger partial charge is 0.312 e. The Morgan fingerprint density at radius 1 is 1.29 bits per heavy atom. The van der Waals surface area contributed by atoms with Crippen molar-refractivity contribution in [3.8, 4) is 0 Å². The quantitative estimate of drug-likeness (QED) is 0.610. The fourth-order valence-electron chi connectivity index (χ4n) is 2.44. The lowest BCUT2D eigenvalue weighted by Gasteiger charge is -2.25. The first-order chi connectivity index (χ1) is 6.75. The molecule has 0 saturated heterocycles. The SMILES string of the molecule is O=C1Cc2cc(F)cc3c2N1CCC3. The normalized spacial score (nSPS) is 18.6. The van der Waals surface area contributed by atoms with Gasteiger partial charge in [-0.15, -0.1) is 0 Å². The molecule has 2 aliphatic rings. The maximum atomic E-state index is 13.2. The highest BCUT2D eigenvalue weighted by Crippen LogP contribution is 2.37. The van der Waals surface area contributed by atoms with Crippen molar-refractivity contribution in [2.45, 2.75) is 19.3 Å². The molecule has 72 valence electrons. The summed E-state index contributed by atoms with van der Waals surface area (Å²) in [6.45, 7) is 0.796. The molecule has 0 aliphatic carbocycles. The second-order valence-corrected chi connectivity index (χ2v) is 3.90. The van der Waals surface area contributed by atoms with Crippen molar-refractivity contribution < 1.29 is 9.18 Å². The van der Waals surface area contributed by atoms with Crippen molar-refractivity contribution in [1.29, 1.82) is 0 Å². The van der Waals surface area contributed by atoms with E-state index in [9.17, 15) is 9.18 Å². The summed E-state index contributed by atoms with van der Waals surface area (Å²) in [5.74, 6) is -0.0955. The molecule has 0 spiro atoms. The smallest absolute Gasteiger partial charge is 0.231 e. The molecule has 0 aromatic heterocycles. The van der Waals surface area contributed by atoms with Gasteiger partial charge in [-0.1, -0.05) is 0 Å². The van der Waals surface area contributed by atoms with E-state index in [4.69, 9.17) is 0 Å². The van der Waals surface area contributed by atoms with Gasteiger partial charge in [-0.05, 0) is 36.1 Å². The molecule has 0 fully saturated rings. The first-order valence-corrected chi connectivity index (χ1v) is 4.87. The second kappa shape index (κ2) is 2.56. The van der Waals surface area contributed by atoms with Gasteiger partial charge in [-0.2, -0.15) is 0 Å². The van der Waals surface area contributed by atoms with Crippen LogP contribution in [0.4, 0.5) is 10.1 Å². The van der Waals surface area contributed by atoms with Crippen LogP contribution in [-0.4, -0.2) is 12.5 Å². The molecule has 0 bridgehead atoms. The topological polar surface area (TPSA) is 20.3 Å². The van der Waals surface area contributed by atoms with Crippen molar-refractivity contribution in [1.82, 2.24) is 0 Å². The van der Waals surface area contributed by atoms with Crippen LogP contribution in [0.2, 0.25) is 0 Å². The number of hydrogen-bond donors (Lipinski definition) is 0. The Balaban J connectivity index is 2.26. The van der Waals surface area contributed by atoms with Crippen LogP contribution in [0, 0.1) is 5.82 Å². The fraction of sp³-hybridized carbons (Fsp3) is 0.364. The van der Waals surface area contributed by atoms with E-state index in [0.717, 1.165) is 36.2 Å². The van der Waals surface area contributed by atoms with Crippen LogP contribution in [0.15, 0.2) is 12.1 Å². The molecule has 0 saturated carbocycles. The zero-order chi connectivity index (χ0) is 9.71. The number of halogens is 1. The van der Waals surface area contributed by atoms with Crippen LogP contribution < -0.4 is 4.90 Å². The molecule has 0 unspecified atom stereocenters. The lowest BCUT2D eigenvalue weighted by molar-refractivity contribution is -0.117. The molecule has 1 aromatic carbocycles. The number of hydrogen-bond acceptors (Lipinski definition) is 1. The van der Waals surface area contributed by atoms with Gasteiger partial charge in [0.2, 0.25) is 5.91 Å². The first-order valence-electron chi connectivity index (χ1n) is 4.87. The average Bonchev–Trinajstić information content (AvgIpc) is 2.45. The zero-order valence-electron chi connectivity index (χ0n) is 7.72. The van der Waals surface area contributed by atoms with Gasteiger partial charge in [-0.25, -0.2) is 4.39 Å². The van der Waals surface area contributed by atoms with Gasteiger partial charge in [0.05, 0.1) is 12.1 Å². The summed E-state index contributed by atoms with van der Waals surface area (Å²) in [5, 5.41) is 0. The number of amides is 1. The van der Waals surface area contributed by atoms with E-state index < -0.39 is 0 Å². The van der Waals surface area contributed by atoms with Crippen LogP contribution in [0.3, 0.4) is 0 Å². The molecule has 3 rings (SSSR count). The summed E-state index contributed by atoms with van der Waals surface area (Å²) in [6.07, 6.45) is 2.21. The molecule has 0 radical (unpaired) electrons. The number of nitrogens with zero attached hydrogens (tertiary/aromatic N) is 1. The molecule has 2 nitrogen and oxygen atoms in total. The monoisotopic (exact) mass is 191 g/mol. The molecule has 0 N–H and O–H groups in total. The van der Waals surface area contributed by atoms with Gasteiger partial charge in [0.25, 0.3) is 0 Å². The highest BCUT2D eigenvalue weighted by atomic mass is 19.1. The van der Waals surface area contributed by atoms with E-state index in [0.29, 0.717) is 6.42 Å². The first kappa shape index (κ1) is 7.97. The maximum Gasteiger partial charge on any atom is 0.231 e. The minimum Gasteiger partial charge on any atom is -0.312 e. The summed E-state index contributed by atoms with van der Waals surface area (Å²) in [6, 6.07) is 3.05. The zero-order valence-corrected chi connectivity index (χ0v) is 7.72. The molecule has 14 heavy (non-hydrogen) atoms. The summed E-state index contributed by atoms with van der Waals surface area (Å²) in [7, 11) is 0. The van der Waals surface area contributed by atoms with E-state index >= 15 is 0 Å². The van der Waals surface area contributed by atoms with Crippen LogP contribution in [-0.2, 0) is 17.6 Å². The second-order valence-electron chi connectivity index (χ2n) is 3.90. The van der Waals surface area contributed by atoms with Crippen molar-refractivity contribution in [3.63, 3.8) is 0 Å². The lowest BCUT2D eigenvalue weighted by Crippen LogP contribution is -2.31. The summed E-state index contributed by atoms with van der Waals surface area (Å²) < 4.78 is 13.2. The molecule has 1 amide bonds. The predicted molar refractivity (Wildman–Crippen MR) is 50.8 cm³/mol. The van der Waals surface area contributed by atoms with Crippen molar-refractivity contribution in [2.75, 3.05) is 11.4 Å². The van der Waals surface area contributed by atoms with Gasteiger partial charge >= 0.3 is 0 Å². The molecular formula is C11H10FNO. The molecule has 3 heteroatoms. The Kier molecular flexibility index (Phi) is 1.46. The Morgan fingerprint density at radius 2 is 2.07 bits per heavy atom. The summed E-state index contributed by atoms with van der Waals surface area (Å²) in [4.78, 5) is 13.4. The van der Waals surface area contributed by atoms with Crippen molar-refractivity contribution in [3.05, 3.63) is 29.1 Å². The van der Waals surface area contributed by atoms with Gasteiger partial charge in [-0.3, -0.25) is 4.79 Å². The number of anilines is 1. The Labute approximate surface area is 81.3 Å². The van der Waals surface area contributed by atoms with Crippen LogP contribution >= 0.6 is 0 Å². The van der Waals surface area contributed by atoms with Crippen LogP contribution in [0.1, 0.15) is 17.5 Å². The van der Waals surface area contributed by atoms with E-state index in [2.05, 4.69) is 0 Å². The van der Waals surface area contributed by atoms with E-state index in [1.165, 1.54) is 6.07 Å². The Morgan fingerprint density at radius 3 is 2.93 bits per heavy atom. The average molecular weight is 191 g/mol. The standard InChI is InChI=1S/C11H10FNO/c12-9-4-7-2-1-3-13-10(14)6-8(5-9)11(7)13/h4-5H,1-3,6H2. The van der Waals surface area contributed by atoms with Crippen molar-refractivity contribution >= 4 is 11.6 Å². The molecular weight excluding hydrogens is 181 g/mol. The number of benzene rings is 1. The molecule has 2 aliphatic heterocycles. The molecule has 2 heterocycles. The predicted octanol–water partition coefficient (Wildman–Crippen LogP) is 1.66. The van der Waals surface area contributed by atoms with Crippen LogP contribution in [0.25, 0.3) is 0 Å². The van der Waals surface area contributed by atoms with Gasteiger partial charge in [0.1, 0.15) is 5.82 Å². The Bertz CT molecular complexity index is 428. The summed E-state index contributed by atoms with van der Waals surface area (Å²) in [5.41, 5.74) is 2.85. The molecule has 1 aromatic rings. The highest BCUT2D eigenvalue weighted by molar-refractivity contribution is 6.02. The van der Waals surface area contributed by atoms with Gasteiger partial charge in [0.15, 0.2) is 0 Å². The number of aryl methyl sites for hydroxylation is 1. The highest BCUT2D eigenvalue weighted by Gasteiger charge is 2.32. The van der Waals surface area contributed by atoms with E-state index in [1.54, 1.807) is 11.0 Å². The number of rotatable bonds is 0. The van der Waals surface area contributed by atoms with Gasteiger partial charge < -0.3 is 4.90 Å². The third kappa shape index (κ3) is 0.924.